The third-order valence-corrected chi connectivity index (χ3v) is 4.57. The van der Waals surface area contributed by atoms with Gasteiger partial charge < -0.3 is 15.4 Å². The van der Waals surface area contributed by atoms with E-state index in [1.807, 2.05) is 6.92 Å². The predicted octanol–water partition coefficient (Wildman–Crippen LogP) is 1.52. The molecule has 2 N–H and O–H groups in total. The Labute approximate surface area is 159 Å². The summed E-state index contributed by atoms with van der Waals surface area (Å²) >= 11 is 0. The van der Waals surface area contributed by atoms with Gasteiger partial charge in [-0.05, 0) is 37.1 Å². The highest BCUT2D eigenvalue weighted by Crippen LogP contribution is 2.12. The van der Waals surface area contributed by atoms with E-state index in [4.69, 9.17) is 4.74 Å². The zero-order valence-corrected chi connectivity index (χ0v) is 16.6. The Morgan fingerprint density at radius 1 is 1.15 bits per heavy atom. The lowest BCUT2D eigenvalue weighted by Gasteiger charge is -2.17. The molecule has 0 heterocycles. The van der Waals surface area contributed by atoms with E-state index >= 15 is 0 Å². The number of hydrogen-bond donors (Lipinski definition) is 2. The van der Waals surface area contributed by atoms with E-state index in [0.29, 0.717) is 17.9 Å². The van der Waals surface area contributed by atoms with Gasteiger partial charge in [-0.15, -0.1) is 0 Å². The summed E-state index contributed by atoms with van der Waals surface area (Å²) in [7, 11) is -3.27. The highest BCUT2D eigenvalue weighted by Gasteiger charge is 2.21. The standard InChI is InChI=1S/C18H26N2O6S/c1-4-5-11-26-18(23)14-6-8-15(9-7-14)20-17(22)16(19-13(2)21)10-12-27(3,24)25/h6-9,16H,4-5,10-12H2,1-3H3,(H,19,21)(H,20,22)/t16-/m1/s1. The number of rotatable bonds is 10. The molecular weight excluding hydrogens is 372 g/mol. The summed E-state index contributed by atoms with van der Waals surface area (Å²) in [6.45, 7) is 3.60. The number of benzene rings is 1. The quantitative estimate of drug-likeness (QED) is 0.456. The minimum Gasteiger partial charge on any atom is -0.462 e. The van der Waals surface area contributed by atoms with Crippen LogP contribution in [0.15, 0.2) is 24.3 Å². The predicted molar refractivity (Wildman–Crippen MR) is 102 cm³/mol. The van der Waals surface area contributed by atoms with Crippen LogP contribution in [0.5, 0.6) is 0 Å². The van der Waals surface area contributed by atoms with Crippen molar-refractivity contribution in [3.8, 4) is 0 Å². The number of carbonyl (C=O) groups is 3. The molecule has 0 radical (unpaired) electrons. The maximum absolute atomic E-state index is 12.3. The Hall–Kier alpha value is -2.42. The first-order valence-electron chi connectivity index (χ1n) is 8.65. The lowest BCUT2D eigenvalue weighted by Crippen LogP contribution is -2.43. The van der Waals surface area contributed by atoms with Crippen LogP contribution in [0.1, 0.15) is 43.5 Å². The highest BCUT2D eigenvalue weighted by molar-refractivity contribution is 7.90. The fourth-order valence-corrected chi connectivity index (χ4v) is 2.82. The molecule has 0 aliphatic rings. The summed E-state index contributed by atoms with van der Waals surface area (Å²) < 4.78 is 27.7. The molecule has 1 atom stereocenters. The van der Waals surface area contributed by atoms with Gasteiger partial charge in [-0.3, -0.25) is 9.59 Å². The molecule has 1 aromatic rings. The molecule has 0 saturated carbocycles. The van der Waals surface area contributed by atoms with Crippen molar-refractivity contribution in [3.63, 3.8) is 0 Å². The van der Waals surface area contributed by atoms with Crippen LogP contribution >= 0.6 is 0 Å². The molecule has 0 spiro atoms. The topological polar surface area (TPSA) is 119 Å². The van der Waals surface area contributed by atoms with Crippen molar-refractivity contribution in [1.82, 2.24) is 5.32 Å². The number of carbonyl (C=O) groups excluding carboxylic acids is 3. The van der Waals surface area contributed by atoms with Crippen molar-refractivity contribution >= 4 is 33.3 Å². The van der Waals surface area contributed by atoms with Crippen LogP contribution in [0.4, 0.5) is 5.69 Å². The summed E-state index contributed by atoms with van der Waals surface area (Å²) in [5.74, 6) is -1.64. The van der Waals surface area contributed by atoms with E-state index in [1.165, 1.54) is 31.2 Å². The number of anilines is 1. The summed E-state index contributed by atoms with van der Waals surface area (Å²) in [4.78, 5) is 35.5. The number of ether oxygens (including phenoxy) is 1. The lowest BCUT2D eigenvalue weighted by molar-refractivity contribution is -0.125. The maximum Gasteiger partial charge on any atom is 0.338 e. The van der Waals surface area contributed by atoms with Gasteiger partial charge in [0.15, 0.2) is 0 Å². The van der Waals surface area contributed by atoms with Crippen LogP contribution in [-0.2, 0) is 24.2 Å². The van der Waals surface area contributed by atoms with Crippen molar-refractivity contribution in [2.45, 2.75) is 39.2 Å². The average Bonchev–Trinajstić information content (AvgIpc) is 2.58. The van der Waals surface area contributed by atoms with Crippen molar-refractivity contribution in [2.24, 2.45) is 0 Å². The second kappa shape index (κ2) is 10.7. The number of unbranched alkanes of at least 4 members (excludes halogenated alkanes) is 1. The number of sulfone groups is 1. The van der Waals surface area contributed by atoms with E-state index in [9.17, 15) is 22.8 Å². The van der Waals surface area contributed by atoms with Gasteiger partial charge in [-0.2, -0.15) is 0 Å². The van der Waals surface area contributed by atoms with Crippen LogP contribution < -0.4 is 10.6 Å². The van der Waals surface area contributed by atoms with Crippen molar-refractivity contribution in [1.29, 1.82) is 0 Å². The molecule has 0 aliphatic heterocycles. The maximum atomic E-state index is 12.3. The van der Waals surface area contributed by atoms with Gasteiger partial charge >= 0.3 is 5.97 Å². The summed E-state index contributed by atoms with van der Waals surface area (Å²) in [5.41, 5.74) is 0.777. The minimum atomic E-state index is -3.27. The van der Waals surface area contributed by atoms with Gasteiger partial charge in [0.25, 0.3) is 0 Å². The first kappa shape index (κ1) is 22.6. The van der Waals surface area contributed by atoms with Crippen LogP contribution in [0.3, 0.4) is 0 Å². The molecule has 0 aliphatic carbocycles. The fourth-order valence-electron chi connectivity index (χ4n) is 2.16. The molecule has 0 saturated heterocycles. The van der Waals surface area contributed by atoms with Crippen molar-refractivity contribution in [3.05, 3.63) is 29.8 Å². The second-order valence-electron chi connectivity index (χ2n) is 6.23. The van der Waals surface area contributed by atoms with Crippen molar-refractivity contribution < 1.29 is 27.5 Å². The average molecular weight is 398 g/mol. The molecule has 8 nitrogen and oxygen atoms in total. The third-order valence-electron chi connectivity index (χ3n) is 3.59. The molecule has 2 amide bonds. The lowest BCUT2D eigenvalue weighted by atomic mass is 10.1. The Bertz CT molecular complexity index is 759. The highest BCUT2D eigenvalue weighted by atomic mass is 32.2. The molecule has 0 bridgehead atoms. The van der Waals surface area contributed by atoms with Gasteiger partial charge in [0.2, 0.25) is 11.8 Å². The number of esters is 1. The molecular formula is C18H26N2O6S. The second-order valence-corrected chi connectivity index (χ2v) is 8.49. The van der Waals surface area contributed by atoms with E-state index in [1.54, 1.807) is 0 Å². The summed E-state index contributed by atoms with van der Waals surface area (Å²) in [6.07, 6.45) is 2.74. The van der Waals surface area contributed by atoms with E-state index < -0.39 is 33.7 Å². The molecule has 1 aromatic carbocycles. The Morgan fingerprint density at radius 3 is 2.30 bits per heavy atom. The number of amides is 2. The normalized spacial score (nSPS) is 12.1. The summed E-state index contributed by atoms with van der Waals surface area (Å²) in [5, 5.41) is 5.04. The van der Waals surface area contributed by atoms with E-state index in [0.717, 1.165) is 19.1 Å². The molecule has 1 rings (SSSR count). The van der Waals surface area contributed by atoms with Gasteiger partial charge in [-0.1, -0.05) is 13.3 Å². The number of nitrogens with one attached hydrogen (secondary N) is 2. The van der Waals surface area contributed by atoms with Gasteiger partial charge in [0.05, 0.1) is 17.9 Å². The van der Waals surface area contributed by atoms with Gasteiger partial charge in [0, 0.05) is 18.9 Å². The number of hydrogen-bond acceptors (Lipinski definition) is 6. The Balaban J connectivity index is 2.71. The smallest absolute Gasteiger partial charge is 0.338 e. The molecule has 9 heteroatoms. The minimum absolute atomic E-state index is 0.0356. The molecule has 150 valence electrons. The van der Waals surface area contributed by atoms with Crippen LogP contribution in [-0.4, -0.2) is 50.9 Å². The fraction of sp³-hybridized carbons (Fsp3) is 0.500. The molecule has 0 fully saturated rings. The largest absolute Gasteiger partial charge is 0.462 e. The third kappa shape index (κ3) is 9.18. The SMILES string of the molecule is CCCCOC(=O)c1ccc(NC(=O)[C@@H](CCS(C)(=O)=O)NC(C)=O)cc1. The zero-order valence-electron chi connectivity index (χ0n) is 15.8. The Kier molecular flexibility index (Phi) is 8.93. The first-order chi connectivity index (χ1) is 12.6. The van der Waals surface area contributed by atoms with E-state index in [2.05, 4.69) is 10.6 Å². The molecule has 0 unspecified atom stereocenters. The monoisotopic (exact) mass is 398 g/mol. The van der Waals surface area contributed by atoms with Gasteiger partial charge in [-0.25, -0.2) is 13.2 Å². The first-order valence-corrected chi connectivity index (χ1v) is 10.7. The van der Waals surface area contributed by atoms with Crippen LogP contribution in [0, 0.1) is 0 Å². The molecule has 0 aromatic heterocycles. The van der Waals surface area contributed by atoms with Crippen molar-refractivity contribution in [2.75, 3.05) is 23.9 Å². The van der Waals surface area contributed by atoms with E-state index in [-0.39, 0.29) is 12.2 Å². The Morgan fingerprint density at radius 2 is 1.78 bits per heavy atom. The van der Waals surface area contributed by atoms with Crippen LogP contribution in [0.25, 0.3) is 0 Å². The zero-order chi connectivity index (χ0) is 20.4. The molecule has 27 heavy (non-hydrogen) atoms. The van der Waals surface area contributed by atoms with Crippen LogP contribution in [0.2, 0.25) is 0 Å². The van der Waals surface area contributed by atoms with Gasteiger partial charge in [0.1, 0.15) is 15.9 Å². The summed E-state index contributed by atoms with van der Waals surface area (Å²) in [6, 6.07) is 5.14.